The number of nitrogens with one attached hydrogen (secondary N) is 2. The maximum Gasteiger partial charge on any atom is 0.573 e. The summed E-state index contributed by atoms with van der Waals surface area (Å²) in [6.45, 7) is 3.36. The van der Waals surface area contributed by atoms with Crippen molar-refractivity contribution in [1.29, 1.82) is 0 Å². The van der Waals surface area contributed by atoms with Gasteiger partial charge in [-0.15, -0.1) is 13.2 Å². The van der Waals surface area contributed by atoms with E-state index >= 15 is 0 Å². The normalized spacial score (nSPS) is 19.4. The van der Waals surface area contributed by atoms with Gasteiger partial charge < -0.3 is 15.4 Å². The van der Waals surface area contributed by atoms with E-state index in [0.29, 0.717) is 36.1 Å². The summed E-state index contributed by atoms with van der Waals surface area (Å²) in [5.41, 5.74) is 1.85. The number of benzene rings is 2. The molecular formula is C21H23F3N2O2. The Bertz CT molecular complexity index is 806. The topological polar surface area (TPSA) is 50.4 Å². The van der Waals surface area contributed by atoms with Crippen LogP contribution in [0, 0.1) is 5.92 Å². The van der Waals surface area contributed by atoms with Crippen LogP contribution in [0.4, 0.5) is 13.2 Å². The minimum Gasteiger partial charge on any atom is -0.405 e. The lowest BCUT2D eigenvalue weighted by molar-refractivity contribution is -0.274. The van der Waals surface area contributed by atoms with Crippen molar-refractivity contribution < 1.29 is 22.7 Å². The predicted octanol–water partition coefficient (Wildman–Crippen LogP) is 4.26. The van der Waals surface area contributed by atoms with E-state index in [1.165, 1.54) is 12.1 Å². The summed E-state index contributed by atoms with van der Waals surface area (Å²) in [6.07, 6.45) is -3.24. The minimum absolute atomic E-state index is 0.00824. The van der Waals surface area contributed by atoms with Gasteiger partial charge in [0.1, 0.15) is 5.75 Å². The first-order valence-corrected chi connectivity index (χ1v) is 9.24. The van der Waals surface area contributed by atoms with Crippen LogP contribution in [0.15, 0.2) is 48.5 Å². The van der Waals surface area contributed by atoms with Crippen molar-refractivity contribution in [3.63, 3.8) is 0 Å². The molecule has 2 unspecified atom stereocenters. The molecule has 2 atom stereocenters. The van der Waals surface area contributed by atoms with E-state index in [0.717, 1.165) is 18.5 Å². The molecule has 7 heteroatoms. The quantitative estimate of drug-likeness (QED) is 0.773. The largest absolute Gasteiger partial charge is 0.573 e. The van der Waals surface area contributed by atoms with E-state index in [1.807, 2.05) is 0 Å². The highest BCUT2D eigenvalue weighted by Crippen LogP contribution is 2.33. The average molecular weight is 392 g/mol. The number of rotatable bonds is 6. The fraction of sp³-hybridized carbons (Fsp3) is 0.381. The third kappa shape index (κ3) is 5.73. The number of halogens is 3. The molecule has 0 aromatic heterocycles. The van der Waals surface area contributed by atoms with Gasteiger partial charge in [-0.05, 0) is 43.0 Å². The highest BCUT2D eigenvalue weighted by molar-refractivity contribution is 5.76. The van der Waals surface area contributed by atoms with Crippen LogP contribution in [0.1, 0.15) is 25.3 Å². The summed E-state index contributed by atoms with van der Waals surface area (Å²) < 4.78 is 41.8. The zero-order valence-corrected chi connectivity index (χ0v) is 15.6. The van der Waals surface area contributed by atoms with Gasteiger partial charge in [-0.3, -0.25) is 4.79 Å². The van der Waals surface area contributed by atoms with Crippen LogP contribution in [0.3, 0.4) is 0 Å². The zero-order valence-electron chi connectivity index (χ0n) is 15.6. The van der Waals surface area contributed by atoms with Crippen LogP contribution in [0.25, 0.3) is 11.1 Å². The molecule has 150 valence electrons. The van der Waals surface area contributed by atoms with Gasteiger partial charge in [0.2, 0.25) is 5.91 Å². The molecule has 1 heterocycles. The van der Waals surface area contributed by atoms with Crippen molar-refractivity contribution in [2.45, 2.75) is 38.7 Å². The lowest BCUT2D eigenvalue weighted by Gasteiger charge is -2.14. The predicted molar refractivity (Wildman–Crippen MR) is 101 cm³/mol. The van der Waals surface area contributed by atoms with Crippen molar-refractivity contribution >= 4 is 5.91 Å². The fourth-order valence-electron chi connectivity index (χ4n) is 3.45. The molecule has 2 aromatic carbocycles. The minimum atomic E-state index is -4.74. The van der Waals surface area contributed by atoms with Gasteiger partial charge in [-0.2, -0.15) is 0 Å². The van der Waals surface area contributed by atoms with E-state index in [2.05, 4.69) is 22.3 Å². The van der Waals surface area contributed by atoms with Gasteiger partial charge >= 0.3 is 6.36 Å². The number of para-hydroxylation sites is 1. The average Bonchev–Trinajstić information content (AvgIpc) is 3.04. The Morgan fingerprint density at radius 3 is 2.54 bits per heavy atom. The molecule has 0 aliphatic carbocycles. The molecule has 28 heavy (non-hydrogen) atoms. The maximum absolute atomic E-state index is 12.6. The molecule has 1 saturated heterocycles. The van der Waals surface area contributed by atoms with Gasteiger partial charge in [0.15, 0.2) is 0 Å². The van der Waals surface area contributed by atoms with E-state index in [9.17, 15) is 18.0 Å². The van der Waals surface area contributed by atoms with E-state index < -0.39 is 6.36 Å². The monoisotopic (exact) mass is 392 g/mol. The summed E-state index contributed by atoms with van der Waals surface area (Å²) in [5, 5.41) is 6.23. The molecule has 0 bridgehead atoms. The second-order valence-corrected chi connectivity index (χ2v) is 7.13. The van der Waals surface area contributed by atoms with Crippen molar-refractivity contribution in [1.82, 2.24) is 10.6 Å². The van der Waals surface area contributed by atoms with Crippen LogP contribution in [0.5, 0.6) is 5.75 Å². The van der Waals surface area contributed by atoms with Gasteiger partial charge in [0.25, 0.3) is 0 Å². The summed E-state index contributed by atoms with van der Waals surface area (Å²) in [5.74, 6) is 0.131. The van der Waals surface area contributed by atoms with Crippen LogP contribution < -0.4 is 15.4 Å². The Morgan fingerprint density at radius 2 is 1.89 bits per heavy atom. The third-order valence-corrected chi connectivity index (χ3v) is 4.78. The first kappa shape index (κ1) is 20.2. The molecule has 2 aromatic rings. The molecule has 1 aliphatic rings. The van der Waals surface area contributed by atoms with Crippen molar-refractivity contribution in [3.05, 3.63) is 54.1 Å². The maximum atomic E-state index is 12.6. The van der Waals surface area contributed by atoms with Crippen LogP contribution in [-0.4, -0.2) is 24.9 Å². The van der Waals surface area contributed by atoms with E-state index in [-0.39, 0.29) is 11.7 Å². The third-order valence-electron chi connectivity index (χ3n) is 4.78. The first-order chi connectivity index (χ1) is 13.3. The lowest BCUT2D eigenvalue weighted by atomic mass is 10.0. The highest BCUT2D eigenvalue weighted by atomic mass is 19.4. The van der Waals surface area contributed by atoms with Crippen LogP contribution in [-0.2, 0) is 11.3 Å². The smallest absolute Gasteiger partial charge is 0.405 e. The number of hydrogen-bond acceptors (Lipinski definition) is 3. The standard InChI is InChI=1S/C21H23F3N2O2/c1-14-10-16(13-25-14)11-20(27)26-12-15-6-8-17(9-7-15)18-4-2-3-5-19(18)28-21(22,23)24/h2-9,14,16,25H,10-13H2,1H3,(H,26,27). The Hall–Kier alpha value is -2.54. The van der Waals surface area contributed by atoms with Gasteiger partial charge in [-0.1, -0.05) is 42.5 Å². The van der Waals surface area contributed by atoms with Crippen molar-refractivity contribution in [2.75, 3.05) is 6.54 Å². The molecule has 0 spiro atoms. The number of carbonyl (C=O) groups is 1. The van der Waals surface area contributed by atoms with Crippen molar-refractivity contribution in [3.8, 4) is 16.9 Å². The summed E-state index contributed by atoms with van der Waals surface area (Å²) in [4.78, 5) is 12.1. The molecule has 2 N–H and O–H groups in total. The van der Waals surface area contributed by atoms with Crippen LogP contribution >= 0.6 is 0 Å². The van der Waals surface area contributed by atoms with E-state index in [4.69, 9.17) is 0 Å². The fourth-order valence-corrected chi connectivity index (χ4v) is 3.45. The number of ether oxygens (including phenoxy) is 1. The summed E-state index contributed by atoms with van der Waals surface area (Å²) in [6, 6.07) is 13.5. The lowest BCUT2D eigenvalue weighted by Crippen LogP contribution is -2.25. The van der Waals surface area contributed by atoms with Crippen LogP contribution in [0.2, 0.25) is 0 Å². The zero-order chi connectivity index (χ0) is 20.1. The second-order valence-electron chi connectivity index (χ2n) is 7.13. The number of alkyl halides is 3. The van der Waals surface area contributed by atoms with E-state index in [1.54, 1.807) is 36.4 Å². The molecule has 1 aliphatic heterocycles. The molecule has 4 nitrogen and oxygen atoms in total. The molecule has 3 rings (SSSR count). The van der Waals surface area contributed by atoms with Crippen molar-refractivity contribution in [2.24, 2.45) is 5.92 Å². The highest BCUT2D eigenvalue weighted by Gasteiger charge is 2.32. The SMILES string of the molecule is CC1CC(CC(=O)NCc2ccc(-c3ccccc3OC(F)(F)F)cc2)CN1. The Morgan fingerprint density at radius 1 is 1.18 bits per heavy atom. The summed E-state index contributed by atoms with van der Waals surface area (Å²) in [7, 11) is 0. The number of hydrogen-bond donors (Lipinski definition) is 2. The number of amides is 1. The molecular weight excluding hydrogens is 369 g/mol. The van der Waals surface area contributed by atoms with Gasteiger partial charge in [0, 0.05) is 24.6 Å². The van der Waals surface area contributed by atoms with Gasteiger partial charge in [0.05, 0.1) is 0 Å². The Balaban J connectivity index is 1.59. The molecule has 0 saturated carbocycles. The second kappa shape index (κ2) is 8.65. The first-order valence-electron chi connectivity index (χ1n) is 9.24. The molecule has 1 amide bonds. The Kier molecular flexibility index (Phi) is 6.24. The number of carbonyl (C=O) groups excluding carboxylic acids is 1. The molecule has 0 radical (unpaired) electrons. The molecule has 1 fully saturated rings. The Labute approximate surface area is 162 Å². The van der Waals surface area contributed by atoms with Gasteiger partial charge in [-0.25, -0.2) is 0 Å². The summed E-state index contributed by atoms with van der Waals surface area (Å²) >= 11 is 0.